The molecule has 0 unspecified atom stereocenters. The van der Waals surface area contributed by atoms with Gasteiger partial charge in [-0.2, -0.15) is 0 Å². The van der Waals surface area contributed by atoms with Gasteiger partial charge in [-0.1, -0.05) is 30.3 Å². The number of aliphatic imine (C=N–C) groups is 1. The first-order chi connectivity index (χ1) is 11.2. The van der Waals surface area contributed by atoms with Crippen LogP contribution in [0.4, 0.5) is 17.1 Å². The zero-order chi connectivity index (χ0) is 16.0. The van der Waals surface area contributed by atoms with E-state index in [2.05, 4.69) is 10.3 Å². The summed E-state index contributed by atoms with van der Waals surface area (Å²) in [5.74, 6) is 0. The van der Waals surface area contributed by atoms with Crippen LogP contribution in [0.1, 0.15) is 19.4 Å². The molecule has 4 nitrogen and oxygen atoms in total. The third-order valence-electron chi connectivity index (χ3n) is 4.30. The number of benzene rings is 2. The molecule has 1 aliphatic heterocycles. The van der Waals surface area contributed by atoms with Crippen LogP contribution < -0.4 is 10.9 Å². The van der Waals surface area contributed by atoms with Crippen LogP contribution in [0.15, 0.2) is 58.3 Å². The van der Waals surface area contributed by atoms with E-state index in [0.29, 0.717) is 12.1 Å². The fourth-order valence-electron chi connectivity index (χ4n) is 3.23. The van der Waals surface area contributed by atoms with Gasteiger partial charge in [0.1, 0.15) is 0 Å². The molecular formula is C19H17N3O. The van der Waals surface area contributed by atoms with Gasteiger partial charge in [-0.25, -0.2) is 0 Å². The Morgan fingerprint density at radius 2 is 1.83 bits per heavy atom. The lowest BCUT2D eigenvalue weighted by molar-refractivity contribution is 0.759. The first-order valence-electron chi connectivity index (χ1n) is 7.78. The van der Waals surface area contributed by atoms with Gasteiger partial charge in [-0.15, -0.1) is 0 Å². The summed E-state index contributed by atoms with van der Waals surface area (Å²) in [6, 6.07) is 15.9. The van der Waals surface area contributed by atoms with E-state index in [1.54, 1.807) is 0 Å². The number of nitrogens with zero attached hydrogens (tertiary/aromatic N) is 2. The Bertz CT molecular complexity index is 1010. The van der Waals surface area contributed by atoms with E-state index in [4.69, 9.17) is 0 Å². The second-order valence-corrected chi connectivity index (χ2v) is 5.66. The average Bonchev–Trinajstić information content (AvgIpc) is 2.71. The quantitative estimate of drug-likeness (QED) is 0.731. The number of aryl methyl sites for hydroxylation is 1. The number of nitrogens with one attached hydrogen (secondary N) is 1. The first-order valence-corrected chi connectivity index (χ1v) is 7.78. The largest absolute Gasteiger partial charge is 0.353 e. The maximum atomic E-state index is 13.0. The smallest absolute Gasteiger partial charge is 0.262 e. The van der Waals surface area contributed by atoms with Gasteiger partial charge in [0.2, 0.25) is 0 Å². The highest BCUT2D eigenvalue weighted by atomic mass is 16.1. The molecule has 1 aliphatic rings. The molecule has 3 aromatic rings. The van der Waals surface area contributed by atoms with Crippen molar-refractivity contribution in [3.63, 3.8) is 0 Å². The van der Waals surface area contributed by atoms with Gasteiger partial charge < -0.3 is 9.88 Å². The third kappa shape index (κ3) is 1.99. The fraction of sp³-hybridized carbons (Fsp3) is 0.158. The van der Waals surface area contributed by atoms with E-state index in [1.807, 2.05) is 66.9 Å². The van der Waals surface area contributed by atoms with Crippen LogP contribution in [0.2, 0.25) is 0 Å². The Kier molecular flexibility index (Phi) is 3.05. The molecule has 0 amide bonds. The van der Waals surface area contributed by atoms with Crippen LogP contribution in [-0.4, -0.2) is 10.3 Å². The normalized spacial score (nSPS) is 12.9. The summed E-state index contributed by atoms with van der Waals surface area (Å²) in [5, 5.41) is 4.48. The molecule has 114 valence electrons. The molecule has 4 rings (SSSR count). The molecule has 0 saturated heterocycles. The standard InChI is InChI=1S/C19H17N3O/c1-3-22-16-11-7-4-8-13(16)18-17(19(22)23)12(2)20-14-9-5-6-10-15(14)21-18/h4-11,21H,3H2,1-2H3. The summed E-state index contributed by atoms with van der Waals surface area (Å²) in [6.07, 6.45) is 0. The van der Waals surface area contributed by atoms with Gasteiger partial charge in [-0.05, 0) is 32.0 Å². The van der Waals surface area contributed by atoms with Crippen molar-refractivity contribution in [2.24, 2.45) is 4.99 Å². The molecule has 0 aliphatic carbocycles. The van der Waals surface area contributed by atoms with Crippen molar-refractivity contribution in [2.75, 3.05) is 5.32 Å². The Balaban J connectivity index is 2.17. The third-order valence-corrected chi connectivity index (χ3v) is 4.30. The highest BCUT2D eigenvalue weighted by Crippen LogP contribution is 2.36. The van der Waals surface area contributed by atoms with Crippen LogP contribution in [0.3, 0.4) is 0 Å². The second-order valence-electron chi connectivity index (χ2n) is 5.66. The Labute approximate surface area is 134 Å². The molecule has 0 bridgehead atoms. The minimum absolute atomic E-state index is 0.00255. The Hall–Kier alpha value is -2.88. The molecule has 0 atom stereocenters. The van der Waals surface area contributed by atoms with Gasteiger partial charge in [0.25, 0.3) is 5.56 Å². The van der Waals surface area contributed by atoms with E-state index in [1.165, 1.54) is 0 Å². The van der Waals surface area contributed by atoms with E-state index < -0.39 is 0 Å². The van der Waals surface area contributed by atoms with Crippen molar-refractivity contribution in [2.45, 2.75) is 20.4 Å². The van der Waals surface area contributed by atoms with Crippen molar-refractivity contribution >= 4 is 33.7 Å². The van der Waals surface area contributed by atoms with Gasteiger partial charge in [0, 0.05) is 11.9 Å². The molecule has 1 aromatic heterocycles. The van der Waals surface area contributed by atoms with Crippen molar-refractivity contribution < 1.29 is 0 Å². The van der Waals surface area contributed by atoms with Crippen molar-refractivity contribution in [1.29, 1.82) is 0 Å². The second kappa shape index (κ2) is 5.09. The predicted octanol–water partition coefficient (Wildman–Crippen LogP) is 4.22. The number of fused-ring (bicyclic) bond motifs is 4. The number of aromatic nitrogens is 1. The monoisotopic (exact) mass is 303 g/mol. The minimum Gasteiger partial charge on any atom is -0.353 e. The molecule has 0 saturated carbocycles. The lowest BCUT2D eigenvalue weighted by Crippen LogP contribution is -2.26. The summed E-state index contributed by atoms with van der Waals surface area (Å²) in [7, 11) is 0. The SMILES string of the molecule is CCn1c(=O)c2c(c3ccccc31)Nc1ccccc1N=C2C. The average molecular weight is 303 g/mol. The molecule has 0 spiro atoms. The molecule has 1 N–H and O–H groups in total. The maximum Gasteiger partial charge on any atom is 0.262 e. The summed E-state index contributed by atoms with van der Waals surface area (Å²) < 4.78 is 1.81. The molecule has 2 heterocycles. The number of anilines is 2. The highest BCUT2D eigenvalue weighted by molar-refractivity contribution is 6.13. The van der Waals surface area contributed by atoms with Crippen LogP contribution in [0, 0.1) is 0 Å². The van der Waals surface area contributed by atoms with Crippen molar-refractivity contribution in [3.8, 4) is 0 Å². The summed E-state index contributed by atoms with van der Waals surface area (Å²) in [4.78, 5) is 17.7. The summed E-state index contributed by atoms with van der Waals surface area (Å²) in [5.41, 5.74) is 4.97. The van der Waals surface area contributed by atoms with E-state index in [9.17, 15) is 4.79 Å². The number of hydrogen-bond acceptors (Lipinski definition) is 3. The van der Waals surface area contributed by atoms with Crippen LogP contribution in [0.5, 0.6) is 0 Å². The molecule has 2 aromatic carbocycles. The minimum atomic E-state index is 0.00255. The summed E-state index contributed by atoms with van der Waals surface area (Å²) >= 11 is 0. The molecule has 4 heteroatoms. The summed E-state index contributed by atoms with van der Waals surface area (Å²) in [6.45, 7) is 4.53. The van der Waals surface area contributed by atoms with Gasteiger partial charge in [0.15, 0.2) is 0 Å². The zero-order valence-corrected chi connectivity index (χ0v) is 13.1. The van der Waals surface area contributed by atoms with Crippen LogP contribution >= 0.6 is 0 Å². The number of para-hydroxylation sites is 3. The Morgan fingerprint density at radius 3 is 2.65 bits per heavy atom. The molecule has 0 fully saturated rings. The highest BCUT2D eigenvalue weighted by Gasteiger charge is 2.21. The fourth-order valence-corrected chi connectivity index (χ4v) is 3.23. The number of hydrogen-bond donors (Lipinski definition) is 1. The molecular weight excluding hydrogens is 286 g/mol. The van der Waals surface area contributed by atoms with Crippen LogP contribution in [-0.2, 0) is 6.54 Å². The van der Waals surface area contributed by atoms with Gasteiger partial charge >= 0.3 is 0 Å². The molecule has 23 heavy (non-hydrogen) atoms. The van der Waals surface area contributed by atoms with Crippen molar-refractivity contribution in [3.05, 3.63) is 64.4 Å². The van der Waals surface area contributed by atoms with E-state index >= 15 is 0 Å². The van der Waals surface area contributed by atoms with E-state index in [-0.39, 0.29) is 5.56 Å². The van der Waals surface area contributed by atoms with E-state index in [0.717, 1.165) is 33.7 Å². The zero-order valence-electron chi connectivity index (χ0n) is 13.1. The van der Waals surface area contributed by atoms with Crippen LogP contribution in [0.25, 0.3) is 10.9 Å². The topological polar surface area (TPSA) is 46.4 Å². The Morgan fingerprint density at radius 1 is 1.09 bits per heavy atom. The lowest BCUT2D eigenvalue weighted by atomic mass is 10.1. The maximum absolute atomic E-state index is 13.0. The first kappa shape index (κ1) is 13.8. The van der Waals surface area contributed by atoms with Crippen molar-refractivity contribution in [1.82, 2.24) is 4.57 Å². The van der Waals surface area contributed by atoms with Gasteiger partial charge in [0.05, 0.1) is 33.9 Å². The predicted molar refractivity (Wildman–Crippen MR) is 95.5 cm³/mol. The van der Waals surface area contributed by atoms with Gasteiger partial charge in [-0.3, -0.25) is 9.79 Å². The molecule has 0 radical (unpaired) electrons. The number of rotatable bonds is 1. The number of pyridine rings is 1. The lowest BCUT2D eigenvalue weighted by Gasteiger charge is -2.16.